The molecule has 0 radical (unpaired) electrons. The van der Waals surface area contributed by atoms with Gasteiger partial charge in [-0.1, -0.05) is 60.7 Å². The van der Waals surface area contributed by atoms with Gasteiger partial charge in [0.1, 0.15) is 0 Å². The minimum absolute atomic E-state index is 0.194. The highest BCUT2D eigenvalue weighted by molar-refractivity contribution is 8.18. The van der Waals surface area contributed by atoms with E-state index in [0.29, 0.717) is 34.3 Å². The molecule has 7 nitrogen and oxygen atoms in total. The van der Waals surface area contributed by atoms with E-state index < -0.39 is 0 Å². The molecule has 5 rings (SSSR count). The van der Waals surface area contributed by atoms with E-state index >= 15 is 0 Å². The maximum absolute atomic E-state index is 13.2. The van der Waals surface area contributed by atoms with E-state index in [-0.39, 0.29) is 30.2 Å². The molecule has 4 aromatic rings. The van der Waals surface area contributed by atoms with Crippen molar-refractivity contribution in [1.29, 1.82) is 0 Å². The molecule has 0 bridgehead atoms. The molecule has 0 aromatic heterocycles. The molecule has 40 heavy (non-hydrogen) atoms. The lowest BCUT2D eigenvalue weighted by atomic mass is 10.0. The first-order valence-corrected chi connectivity index (χ1v) is 13.7. The van der Waals surface area contributed by atoms with Crippen LogP contribution < -0.4 is 14.8 Å². The fourth-order valence-corrected chi connectivity index (χ4v) is 5.29. The lowest BCUT2D eigenvalue weighted by Crippen LogP contribution is -2.27. The number of amides is 3. The van der Waals surface area contributed by atoms with E-state index in [4.69, 9.17) is 9.47 Å². The zero-order valence-corrected chi connectivity index (χ0v) is 23.0. The molecule has 1 N–H and O–H groups in total. The van der Waals surface area contributed by atoms with Crippen LogP contribution in [0.3, 0.4) is 0 Å². The maximum atomic E-state index is 13.2. The van der Waals surface area contributed by atoms with Gasteiger partial charge in [0.25, 0.3) is 17.1 Å². The predicted molar refractivity (Wildman–Crippen MR) is 158 cm³/mol. The van der Waals surface area contributed by atoms with Crippen molar-refractivity contribution in [3.63, 3.8) is 0 Å². The molecule has 1 aliphatic heterocycles. The minimum atomic E-state index is -0.339. The highest BCUT2D eigenvalue weighted by Crippen LogP contribution is 2.36. The van der Waals surface area contributed by atoms with E-state index in [1.54, 1.807) is 24.3 Å². The summed E-state index contributed by atoms with van der Waals surface area (Å²) in [6, 6.07) is 26.5. The van der Waals surface area contributed by atoms with Gasteiger partial charge in [-0.25, -0.2) is 0 Å². The van der Waals surface area contributed by atoms with E-state index in [9.17, 15) is 14.4 Å². The van der Waals surface area contributed by atoms with Crippen LogP contribution in [0, 0.1) is 6.92 Å². The fourth-order valence-electron chi connectivity index (χ4n) is 4.45. The normalized spacial score (nSPS) is 14.2. The first-order chi connectivity index (χ1) is 19.4. The summed E-state index contributed by atoms with van der Waals surface area (Å²) in [5, 5.41) is 4.57. The van der Waals surface area contributed by atoms with E-state index in [2.05, 4.69) is 5.32 Å². The molecule has 1 heterocycles. The van der Waals surface area contributed by atoms with Gasteiger partial charge in [-0.2, -0.15) is 0 Å². The van der Waals surface area contributed by atoms with Crippen molar-refractivity contribution in [2.45, 2.75) is 20.4 Å². The second-order valence-corrected chi connectivity index (χ2v) is 10.2. The Balaban J connectivity index is 1.29. The first kappa shape index (κ1) is 27.0. The van der Waals surface area contributed by atoms with Gasteiger partial charge in [0.2, 0.25) is 0 Å². The molecule has 202 valence electrons. The molecule has 0 saturated carbocycles. The highest BCUT2D eigenvalue weighted by Gasteiger charge is 2.35. The van der Waals surface area contributed by atoms with Crippen molar-refractivity contribution in [2.24, 2.45) is 0 Å². The molecule has 8 heteroatoms. The zero-order chi connectivity index (χ0) is 28.1. The van der Waals surface area contributed by atoms with E-state index in [0.717, 1.165) is 33.7 Å². The van der Waals surface area contributed by atoms with Gasteiger partial charge in [-0.3, -0.25) is 19.3 Å². The lowest BCUT2D eigenvalue weighted by molar-refractivity contribution is -0.123. The van der Waals surface area contributed by atoms with Crippen LogP contribution in [0.5, 0.6) is 11.5 Å². The van der Waals surface area contributed by atoms with Gasteiger partial charge in [-0.15, -0.1) is 0 Å². The number of nitrogens with zero attached hydrogens (tertiary/aromatic N) is 1. The predicted octanol–water partition coefficient (Wildman–Crippen LogP) is 6.80. The van der Waals surface area contributed by atoms with Gasteiger partial charge in [0, 0.05) is 5.69 Å². The minimum Gasteiger partial charge on any atom is -0.490 e. The Morgan fingerprint density at radius 3 is 2.55 bits per heavy atom. The number of thioether (sulfide) groups is 1. The molecule has 0 atom stereocenters. The van der Waals surface area contributed by atoms with E-state index in [1.807, 2.05) is 80.6 Å². The Hall–Kier alpha value is -4.56. The van der Waals surface area contributed by atoms with Crippen LogP contribution in [-0.2, 0) is 16.1 Å². The maximum Gasteiger partial charge on any atom is 0.293 e. The number of aryl methyl sites for hydroxylation is 1. The average Bonchev–Trinajstić information content (AvgIpc) is 3.20. The van der Waals surface area contributed by atoms with Crippen molar-refractivity contribution in [3.05, 3.63) is 107 Å². The summed E-state index contributed by atoms with van der Waals surface area (Å²) >= 11 is 0.914. The summed E-state index contributed by atoms with van der Waals surface area (Å²) < 4.78 is 11.5. The summed E-state index contributed by atoms with van der Waals surface area (Å²) in [6.07, 6.45) is 1.67. The number of ether oxygens (including phenoxy) is 2. The average molecular weight is 553 g/mol. The van der Waals surface area contributed by atoms with Crippen molar-refractivity contribution in [2.75, 3.05) is 18.5 Å². The zero-order valence-electron chi connectivity index (χ0n) is 22.2. The number of hydrogen-bond donors (Lipinski definition) is 1. The highest BCUT2D eigenvalue weighted by atomic mass is 32.2. The number of anilines is 1. The molecule has 4 aromatic carbocycles. The number of benzene rings is 4. The smallest absolute Gasteiger partial charge is 0.293 e. The molecular weight excluding hydrogens is 524 g/mol. The quantitative estimate of drug-likeness (QED) is 0.230. The number of carbonyl (C=O) groups excluding carboxylic acids is 3. The Morgan fingerprint density at radius 1 is 0.925 bits per heavy atom. The number of imide groups is 1. The Kier molecular flexibility index (Phi) is 8.17. The van der Waals surface area contributed by atoms with Crippen LogP contribution in [-0.4, -0.2) is 35.2 Å². The number of nitrogens with one attached hydrogen (secondary N) is 1. The summed E-state index contributed by atoms with van der Waals surface area (Å²) in [4.78, 5) is 40.0. The summed E-state index contributed by atoms with van der Waals surface area (Å²) in [6.45, 7) is 4.19. The van der Waals surface area contributed by atoms with Crippen LogP contribution in [0.1, 0.15) is 23.6 Å². The van der Waals surface area contributed by atoms with Crippen molar-refractivity contribution >= 4 is 51.4 Å². The fraction of sp³-hybridized carbons (Fsp3) is 0.156. The van der Waals surface area contributed by atoms with Gasteiger partial charge in [-0.05, 0) is 83.4 Å². The number of fused-ring (bicyclic) bond motifs is 1. The largest absolute Gasteiger partial charge is 0.490 e. The third-order valence-corrected chi connectivity index (χ3v) is 7.22. The monoisotopic (exact) mass is 552 g/mol. The third kappa shape index (κ3) is 6.18. The number of carbonyl (C=O) groups is 3. The van der Waals surface area contributed by atoms with Crippen molar-refractivity contribution < 1.29 is 23.9 Å². The number of rotatable bonds is 9. The van der Waals surface area contributed by atoms with Crippen molar-refractivity contribution in [1.82, 2.24) is 4.90 Å². The lowest BCUT2D eigenvalue weighted by Gasteiger charge is -2.14. The third-order valence-electron chi connectivity index (χ3n) is 6.31. The second-order valence-electron chi connectivity index (χ2n) is 9.25. The van der Waals surface area contributed by atoms with Gasteiger partial charge < -0.3 is 14.8 Å². The SMILES string of the molecule is CCOc1cc(/C=C2\SC(=O)N(Cc3cccc4ccccc34)C2=O)ccc1OCC(=O)Nc1cccc(C)c1. The van der Waals surface area contributed by atoms with Crippen LogP contribution in [0.25, 0.3) is 16.8 Å². The van der Waals surface area contributed by atoms with E-state index in [1.165, 1.54) is 4.90 Å². The number of hydrogen-bond acceptors (Lipinski definition) is 6. The van der Waals surface area contributed by atoms with Crippen LogP contribution in [0.2, 0.25) is 0 Å². The molecule has 0 unspecified atom stereocenters. The van der Waals surface area contributed by atoms with Gasteiger partial charge in [0.15, 0.2) is 18.1 Å². The molecule has 1 aliphatic rings. The topological polar surface area (TPSA) is 84.9 Å². The Morgan fingerprint density at radius 2 is 1.73 bits per heavy atom. The molecule has 0 spiro atoms. The summed E-state index contributed by atoms with van der Waals surface area (Å²) in [5.74, 6) is 0.211. The Labute approximate surface area is 236 Å². The standard InChI is InChI=1S/C32H28N2O5S/c1-3-38-28-17-22(14-15-27(28)39-20-30(35)33-25-12-6-8-21(2)16-25)18-29-31(36)34(32(37)40-29)19-24-11-7-10-23-9-4-5-13-26(23)24/h4-18H,3,19-20H2,1-2H3,(H,33,35)/b29-18-. The molecule has 1 saturated heterocycles. The van der Waals surface area contributed by atoms with Crippen LogP contribution in [0.4, 0.5) is 10.5 Å². The molecule has 0 aliphatic carbocycles. The molecular formula is C32H28N2O5S. The molecule has 1 fully saturated rings. The van der Waals surface area contributed by atoms with Gasteiger partial charge in [0.05, 0.1) is 18.1 Å². The van der Waals surface area contributed by atoms with Gasteiger partial charge >= 0.3 is 0 Å². The molecule has 3 amide bonds. The van der Waals surface area contributed by atoms with Crippen LogP contribution >= 0.6 is 11.8 Å². The second kappa shape index (κ2) is 12.1. The first-order valence-electron chi connectivity index (χ1n) is 12.9. The van der Waals surface area contributed by atoms with Crippen molar-refractivity contribution in [3.8, 4) is 11.5 Å². The summed E-state index contributed by atoms with van der Waals surface area (Å²) in [7, 11) is 0. The van der Waals surface area contributed by atoms with Crippen LogP contribution in [0.15, 0.2) is 89.8 Å². The summed E-state index contributed by atoms with van der Waals surface area (Å²) in [5.41, 5.74) is 3.33. The Bertz CT molecular complexity index is 1630.